The molecule has 0 aromatic heterocycles. The van der Waals surface area contributed by atoms with Gasteiger partial charge in [-0.25, -0.2) is 0 Å². The molecule has 0 saturated heterocycles. The molecule has 0 spiro atoms. The van der Waals surface area contributed by atoms with Crippen LogP contribution in [0.15, 0.2) is 0 Å². The highest BCUT2D eigenvalue weighted by Crippen LogP contribution is 2.41. The van der Waals surface area contributed by atoms with E-state index in [1.54, 1.807) is 0 Å². The summed E-state index contributed by atoms with van der Waals surface area (Å²) < 4.78 is 0. The normalized spacial score (nSPS) is 15.9. The summed E-state index contributed by atoms with van der Waals surface area (Å²) in [5.74, 6) is 1.83. The number of hydrogen-bond donors (Lipinski definition) is 0. The second kappa shape index (κ2) is 9.00. The Morgan fingerprint density at radius 3 is 1.82 bits per heavy atom. The molecule has 0 aliphatic rings. The summed E-state index contributed by atoms with van der Waals surface area (Å²) in [6.45, 7) is 14.5. The van der Waals surface area contributed by atoms with E-state index in [4.69, 9.17) is 0 Å². The number of hydrogen-bond acceptors (Lipinski definition) is 0. The van der Waals surface area contributed by atoms with E-state index in [-0.39, 0.29) is 0 Å². The van der Waals surface area contributed by atoms with Gasteiger partial charge in [0.15, 0.2) is 0 Å². The molecule has 0 aliphatic carbocycles. The van der Waals surface area contributed by atoms with Crippen LogP contribution in [0.1, 0.15) is 92.9 Å². The van der Waals surface area contributed by atoms with Gasteiger partial charge >= 0.3 is 0 Å². The first kappa shape index (κ1) is 17.0. The zero-order valence-corrected chi connectivity index (χ0v) is 13.3. The SMILES string of the molecule is CCCCC(C)C(CCCC)C(C)(C)CCC. The van der Waals surface area contributed by atoms with Crippen molar-refractivity contribution in [3.63, 3.8) is 0 Å². The molecule has 104 valence electrons. The number of unbranched alkanes of at least 4 members (excludes halogenated alkanes) is 2. The fourth-order valence-corrected chi connectivity index (χ4v) is 3.43. The third-order valence-corrected chi connectivity index (χ3v) is 4.47. The highest BCUT2D eigenvalue weighted by Gasteiger charge is 2.31. The lowest BCUT2D eigenvalue weighted by Crippen LogP contribution is -2.29. The summed E-state index contributed by atoms with van der Waals surface area (Å²) in [6, 6.07) is 0. The zero-order valence-electron chi connectivity index (χ0n) is 13.3. The Labute approximate surface area is 111 Å². The third-order valence-electron chi connectivity index (χ3n) is 4.47. The van der Waals surface area contributed by atoms with Crippen molar-refractivity contribution in [1.82, 2.24) is 0 Å². The van der Waals surface area contributed by atoms with E-state index in [0.29, 0.717) is 5.41 Å². The maximum atomic E-state index is 2.50. The smallest absolute Gasteiger partial charge is 0.0323 e. The summed E-state index contributed by atoms with van der Waals surface area (Å²) >= 11 is 0. The molecule has 0 radical (unpaired) electrons. The summed E-state index contributed by atoms with van der Waals surface area (Å²) in [5.41, 5.74) is 0.539. The van der Waals surface area contributed by atoms with E-state index in [1.807, 2.05) is 0 Å². The predicted octanol–water partition coefficient (Wildman–Crippen LogP) is 6.45. The molecule has 0 heteroatoms. The lowest BCUT2D eigenvalue weighted by molar-refractivity contribution is 0.114. The maximum Gasteiger partial charge on any atom is -0.0323 e. The van der Waals surface area contributed by atoms with Crippen LogP contribution < -0.4 is 0 Å². The number of rotatable bonds is 10. The van der Waals surface area contributed by atoms with Crippen LogP contribution in [0.5, 0.6) is 0 Å². The van der Waals surface area contributed by atoms with Crippen LogP contribution in [-0.2, 0) is 0 Å². The molecular formula is C17H36. The zero-order chi connectivity index (χ0) is 13.3. The minimum Gasteiger partial charge on any atom is -0.0654 e. The van der Waals surface area contributed by atoms with Crippen molar-refractivity contribution < 1.29 is 0 Å². The van der Waals surface area contributed by atoms with Crippen molar-refractivity contribution in [2.24, 2.45) is 17.3 Å². The van der Waals surface area contributed by atoms with Gasteiger partial charge < -0.3 is 0 Å². The van der Waals surface area contributed by atoms with E-state index in [0.717, 1.165) is 11.8 Å². The van der Waals surface area contributed by atoms with Crippen LogP contribution in [0, 0.1) is 17.3 Å². The minimum atomic E-state index is 0.539. The molecule has 0 nitrogen and oxygen atoms in total. The Morgan fingerprint density at radius 1 is 0.824 bits per heavy atom. The van der Waals surface area contributed by atoms with E-state index in [2.05, 4.69) is 41.5 Å². The van der Waals surface area contributed by atoms with Crippen LogP contribution in [0.25, 0.3) is 0 Å². The standard InChI is InChI=1S/C17H36/c1-7-10-12-15(4)16(13-11-8-2)17(5,6)14-9-3/h15-16H,7-14H2,1-6H3. The van der Waals surface area contributed by atoms with Gasteiger partial charge in [0.05, 0.1) is 0 Å². The van der Waals surface area contributed by atoms with Crippen molar-refractivity contribution >= 4 is 0 Å². The van der Waals surface area contributed by atoms with Gasteiger partial charge in [0, 0.05) is 0 Å². The van der Waals surface area contributed by atoms with Crippen LogP contribution >= 0.6 is 0 Å². The monoisotopic (exact) mass is 240 g/mol. The summed E-state index contributed by atoms with van der Waals surface area (Å²) in [7, 11) is 0. The first-order valence-corrected chi connectivity index (χ1v) is 7.99. The molecule has 0 aromatic carbocycles. The highest BCUT2D eigenvalue weighted by molar-refractivity contribution is 4.81. The second-order valence-electron chi connectivity index (χ2n) is 6.61. The lowest BCUT2D eigenvalue weighted by atomic mass is 9.67. The Balaban J connectivity index is 4.49. The van der Waals surface area contributed by atoms with Gasteiger partial charge in [-0.1, -0.05) is 80.1 Å². The summed E-state index contributed by atoms with van der Waals surface area (Å²) in [5, 5.41) is 0. The fraction of sp³-hybridized carbons (Fsp3) is 1.00. The molecule has 0 N–H and O–H groups in total. The van der Waals surface area contributed by atoms with Gasteiger partial charge in [-0.15, -0.1) is 0 Å². The molecular weight excluding hydrogens is 204 g/mol. The molecule has 0 aromatic rings. The molecule has 0 rings (SSSR count). The van der Waals surface area contributed by atoms with Gasteiger partial charge in [0.1, 0.15) is 0 Å². The molecule has 2 atom stereocenters. The van der Waals surface area contributed by atoms with Gasteiger partial charge in [0.2, 0.25) is 0 Å². The second-order valence-corrected chi connectivity index (χ2v) is 6.61. The lowest BCUT2D eigenvalue weighted by Gasteiger charge is -2.39. The quantitative estimate of drug-likeness (QED) is 0.412. The van der Waals surface area contributed by atoms with E-state index < -0.39 is 0 Å². The highest BCUT2D eigenvalue weighted by atomic mass is 14.4. The molecule has 17 heavy (non-hydrogen) atoms. The van der Waals surface area contributed by atoms with E-state index in [1.165, 1.54) is 51.4 Å². The first-order chi connectivity index (χ1) is 7.99. The maximum absolute atomic E-state index is 2.50. The molecule has 0 fully saturated rings. The van der Waals surface area contributed by atoms with Crippen LogP contribution in [0.3, 0.4) is 0 Å². The summed E-state index contributed by atoms with van der Waals surface area (Å²) in [6.07, 6.45) is 11.1. The molecule has 0 amide bonds. The molecule has 0 saturated carbocycles. The Bertz CT molecular complexity index is 169. The van der Waals surface area contributed by atoms with Gasteiger partial charge in [-0.05, 0) is 30.1 Å². The van der Waals surface area contributed by atoms with Gasteiger partial charge in [0.25, 0.3) is 0 Å². The van der Waals surface area contributed by atoms with Crippen molar-refractivity contribution in [2.45, 2.75) is 92.9 Å². The topological polar surface area (TPSA) is 0 Å². The summed E-state index contributed by atoms with van der Waals surface area (Å²) in [4.78, 5) is 0. The first-order valence-electron chi connectivity index (χ1n) is 7.99. The third kappa shape index (κ3) is 6.48. The molecule has 0 heterocycles. The largest absolute Gasteiger partial charge is 0.0654 e. The Kier molecular flexibility index (Phi) is 9.00. The molecule has 0 bridgehead atoms. The van der Waals surface area contributed by atoms with E-state index >= 15 is 0 Å². The predicted molar refractivity (Wildman–Crippen MR) is 80.4 cm³/mol. The van der Waals surface area contributed by atoms with Crippen LogP contribution in [-0.4, -0.2) is 0 Å². The van der Waals surface area contributed by atoms with Crippen molar-refractivity contribution in [1.29, 1.82) is 0 Å². The van der Waals surface area contributed by atoms with Crippen LogP contribution in [0.2, 0.25) is 0 Å². The van der Waals surface area contributed by atoms with Crippen molar-refractivity contribution in [2.75, 3.05) is 0 Å². The minimum absolute atomic E-state index is 0.539. The molecule has 2 unspecified atom stereocenters. The van der Waals surface area contributed by atoms with Crippen molar-refractivity contribution in [3.8, 4) is 0 Å². The average Bonchev–Trinajstić information content (AvgIpc) is 2.26. The Morgan fingerprint density at radius 2 is 1.35 bits per heavy atom. The van der Waals surface area contributed by atoms with Crippen LogP contribution in [0.4, 0.5) is 0 Å². The average molecular weight is 240 g/mol. The van der Waals surface area contributed by atoms with E-state index in [9.17, 15) is 0 Å². The van der Waals surface area contributed by atoms with Crippen molar-refractivity contribution in [3.05, 3.63) is 0 Å². The van der Waals surface area contributed by atoms with Gasteiger partial charge in [-0.2, -0.15) is 0 Å². The van der Waals surface area contributed by atoms with Gasteiger partial charge in [-0.3, -0.25) is 0 Å². The fourth-order valence-electron chi connectivity index (χ4n) is 3.43. The molecule has 0 aliphatic heterocycles. The Hall–Kier alpha value is 0.